The van der Waals surface area contributed by atoms with Crippen molar-refractivity contribution >= 4 is 23.3 Å². The van der Waals surface area contributed by atoms with Crippen LogP contribution in [0.2, 0.25) is 0 Å². The Kier molecular flexibility index (Phi) is 7.42. The van der Waals surface area contributed by atoms with Gasteiger partial charge in [0.15, 0.2) is 0 Å². The molecule has 1 aromatic carbocycles. The van der Waals surface area contributed by atoms with Crippen molar-refractivity contribution in [2.24, 2.45) is 0 Å². The van der Waals surface area contributed by atoms with Crippen LogP contribution >= 0.6 is 0 Å². The maximum Gasteiger partial charge on any atom is 0.337 e. The van der Waals surface area contributed by atoms with E-state index in [1.54, 1.807) is 12.1 Å². The molecular formula is C19H26N4O3. The second-order valence-electron chi connectivity index (χ2n) is 6.43. The number of carbonyl (C=O) groups excluding carboxylic acids is 1. The Morgan fingerprint density at radius 2 is 2.00 bits per heavy atom. The normalized spacial score (nSPS) is 14.7. The highest BCUT2D eigenvalue weighted by molar-refractivity contribution is 5.98. The van der Waals surface area contributed by atoms with Gasteiger partial charge in [-0.25, -0.2) is 4.79 Å². The molecule has 1 heterocycles. The molecular weight excluding hydrogens is 332 g/mol. The number of carbonyl (C=O) groups is 2. The van der Waals surface area contributed by atoms with Crippen LogP contribution in [0, 0.1) is 11.3 Å². The number of anilines is 2. The number of piperazine rings is 1. The van der Waals surface area contributed by atoms with Crippen LogP contribution < -0.4 is 10.2 Å². The summed E-state index contributed by atoms with van der Waals surface area (Å²) in [5.74, 6) is -1.10. The average Bonchev–Trinajstić information content (AvgIpc) is 2.65. The zero-order valence-electron chi connectivity index (χ0n) is 15.2. The van der Waals surface area contributed by atoms with E-state index in [2.05, 4.69) is 21.2 Å². The molecule has 1 fully saturated rings. The van der Waals surface area contributed by atoms with Crippen molar-refractivity contribution in [2.45, 2.75) is 32.6 Å². The summed E-state index contributed by atoms with van der Waals surface area (Å²) in [7, 11) is 0. The predicted octanol–water partition coefficient (Wildman–Crippen LogP) is 2.55. The molecule has 0 radical (unpaired) electrons. The lowest BCUT2D eigenvalue weighted by Gasteiger charge is -2.36. The van der Waals surface area contributed by atoms with Crippen LogP contribution in [0.5, 0.6) is 0 Å². The van der Waals surface area contributed by atoms with Gasteiger partial charge in [0.2, 0.25) is 5.91 Å². The molecule has 1 aliphatic rings. The number of aromatic carboxylic acids is 1. The molecule has 1 aliphatic heterocycles. The first-order valence-corrected chi connectivity index (χ1v) is 9.06. The summed E-state index contributed by atoms with van der Waals surface area (Å²) in [4.78, 5) is 27.8. The lowest BCUT2D eigenvalue weighted by atomic mass is 10.1. The Hall–Kier alpha value is -2.59. The smallest absolute Gasteiger partial charge is 0.337 e. The molecule has 0 atom stereocenters. The Morgan fingerprint density at radius 3 is 2.62 bits per heavy atom. The zero-order chi connectivity index (χ0) is 18.9. The number of rotatable bonds is 8. The molecule has 0 aromatic heterocycles. The minimum atomic E-state index is -1.00. The van der Waals surface area contributed by atoms with Crippen molar-refractivity contribution in [1.82, 2.24) is 4.90 Å². The summed E-state index contributed by atoms with van der Waals surface area (Å²) >= 11 is 0. The predicted molar refractivity (Wildman–Crippen MR) is 100 cm³/mol. The fourth-order valence-corrected chi connectivity index (χ4v) is 3.04. The van der Waals surface area contributed by atoms with E-state index in [1.807, 2.05) is 6.92 Å². The first kappa shape index (κ1) is 19.7. The highest BCUT2D eigenvalue weighted by Crippen LogP contribution is 2.26. The van der Waals surface area contributed by atoms with Gasteiger partial charge in [-0.05, 0) is 24.6 Å². The number of hydrogen-bond acceptors (Lipinski definition) is 5. The van der Waals surface area contributed by atoms with Crippen LogP contribution in [0.1, 0.15) is 43.0 Å². The molecule has 0 saturated carbocycles. The zero-order valence-corrected chi connectivity index (χ0v) is 15.2. The molecule has 0 bridgehead atoms. The van der Waals surface area contributed by atoms with E-state index in [-0.39, 0.29) is 11.5 Å². The van der Waals surface area contributed by atoms with Gasteiger partial charge in [0.05, 0.1) is 17.3 Å². The van der Waals surface area contributed by atoms with E-state index in [0.29, 0.717) is 37.3 Å². The number of carboxylic acid groups (broad SMARTS) is 1. The van der Waals surface area contributed by atoms with Crippen LogP contribution in [-0.2, 0) is 4.79 Å². The number of nitrogens with zero attached hydrogens (tertiary/aromatic N) is 3. The van der Waals surface area contributed by atoms with Gasteiger partial charge in [-0.15, -0.1) is 0 Å². The minimum Gasteiger partial charge on any atom is -0.478 e. The molecule has 1 amide bonds. The molecule has 26 heavy (non-hydrogen) atoms. The van der Waals surface area contributed by atoms with Crippen LogP contribution in [0.15, 0.2) is 18.2 Å². The Balaban J connectivity index is 2.06. The quantitative estimate of drug-likeness (QED) is 0.741. The second kappa shape index (κ2) is 9.78. The average molecular weight is 358 g/mol. The number of hydrogen-bond donors (Lipinski definition) is 2. The summed E-state index contributed by atoms with van der Waals surface area (Å²) in [6, 6.07) is 7.21. The monoisotopic (exact) mass is 358 g/mol. The fraction of sp³-hybridized carbons (Fsp3) is 0.526. The molecule has 2 rings (SSSR count). The molecule has 0 aliphatic carbocycles. The maximum atomic E-state index is 11.9. The third kappa shape index (κ3) is 5.46. The van der Waals surface area contributed by atoms with Crippen molar-refractivity contribution in [1.29, 1.82) is 5.26 Å². The van der Waals surface area contributed by atoms with Gasteiger partial charge in [-0.3, -0.25) is 9.69 Å². The van der Waals surface area contributed by atoms with E-state index in [9.17, 15) is 14.7 Å². The van der Waals surface area contributed by atoms with Crippen LogP contribution in [0.3, 0.4) is 0 Å². The van der Waals surface area contributed by atoms with E-state index in [1.165, 1.54) is 6.07 Å². The van der Waals surface area contributed by atoms with Gasteiger partial charge < -0.3 is 15.3 Å². The SMILES string of the molecule is CCCCC(=O)Nc1ccc(N2CCN(CCC#N)CC2)c(C(=O)O)c1. The van der Waals surface area contributed by atoms with Gasteiger partial charge in [-0.2, -0.15) is 5.26 Å². The number of amides is 1. The standard InChI is InChI=1S/C19H26N4O3/c1-2-3-5-18(24)21-15-6-7-17(16(14-15)19(25)26)23-12-10-22(11-13-23)9-4-8-20/h6-7,14H,2-5,9-13H2,1H3,(H,21,24)(H,25,26). The minimum absolute atomic E-state index is 0.0953. The first-order valence-electron chi connectivity index (χ1n) is 9.06. The van der Waals surface area contributed by atoms with Crippen LogP contribution in [0.4, 0.5) is 11.4 Å². The topological polar surface area (TPSA) is 96.7 Å². The van der Waals surface area contributed by atoms with Crippen molar-refractivity contribution in [3.05, 3.63) is 23.8 Å². The van der Waals surface area contributed by atoms with E-state index < -0.39 is 5.97 Å². The van der Waals surface area contributed by atoms with Gasteiger partial charge in [0, 0.05) is 51.3 Å². The van der Waals surface area contributed by atoms with Gasteiger partial charge in [-0.1, -0.05) is 13.3 Å². The molecule has 0 unspecified atom stereocenters. The van der Waals surface area contributed by atoms with Crippen molar-refractivity contribution < 1.29 is 14.7 Å². The lowest BCUT2D eigenvalue weighted by Crippen LogP contribution is -2.47. The summed E-state index contributed by atoms with van der Waals surface area (Å²) < 4.78 is 0. The number of benzene rings is 1. The Bertz CT molecular complexity index is 676. The lowest BCUT2D eigenvalue weighted by molar-refractivity contribution is -0.116. The summed E-state index contributed by atoms with van der Waals surface area (Å²) in [5, 5.41) is 21.0. The molecule has 140 valence electrons. The molecule has 1 aromatic rings. The van der Waals surface area contributed by atoms with Crippen molar-refractivity contribution in [3.63, 3.8) is 0 Å². The molecule has 1 saturated heterocycles. The van der Waals surface area contributed by atoms with E-state index in [0.717, 1.165) is 32.5 Å². The van der Waals surface area contributed by atoms with Gasteiger partial charge in [0.25, 0.3) is 0 Å². The summed E-state index contributed by atoms with van der Waals surface area (Å²) in [6.07, 6.45) is 2.69. The fourth-order valence-electron chi connectivity index (χ4n) is 3.04. The van der Waals surface area contributed by atoms with E-state index in [4.69, 9.17) is 5.26 Å². The number of carboxylic acids is 1. The Morgan fingerprint density at radius 1 is 1.27 bits per heavy atom. The molecule has 7 heteroatoms. The van der Waals surface area contributed by atoms with Gasteiger partial charge in [0.1, 0.15) is 0 Å². The number of nitriles is 1. The highest BCUT2D eigenvalue weighted by Gasteiger charge is 2.21. The largest absolute Gasteiger partial charge is 0.478 e. The van der Waals surface area contributed by atoms with E-state index >= 15 is 0 Å². The third-order valence-corrected chi connectivity index (χ3v) is 4.52. The summed E-state index contributed by atoms with van der Waals surface area (Å²) in [6.45, 7) is 5.80. The first-order chi connectivity index (χ1) is 12.5. The van der Waals surface area contributed by atoms with Crippen LogP contribution in [-0.4, -0.2) is 54.6 Å². The van der Waals surface area contributed by atoms with Crippen LogP contribution in [0.25, 0.3) is 0 Å². The van der Waals surface area contributed by atoms with Gasteiger partial charge >= 0.3 is 5.97 Å². The number of unbranched alkanes of at least 4 members (excludes halogenated alkanes) is 1. The van der Waals surface area contributed by atoms with Crippen molar-refractivity contribution in [3.8, 4) is 6.07 Å². The number of nitrogens with one attached hydrogen (secondary N) is 1. The molecule has 7 nitrogen and oxygen atoms in total. The Labute approximate surface area is 154 Å². The highest BCUT2D eigenvalue weighted by atomic mass is 16.4. The second-order valence-corrected chi connectivity index (χ2v) is 6.43. The third-order valence-electron chi connectivity index (χ3n) is 4.52. The maximum absolute atomic E-state index is 11.9. The van der Waals surface area contributed by atoms with Crippen molar-refractivity contribution in [2.75, 3.05) is 42.9 Å². The summed E-state index contributed by atoms with van der Waals surface area (Å²) in [5.41, 5.74) is 1.38. The molecule has 2 N–H and O–H groups in total. The molecule has 0 spiro atoms.